The minimum absolute atomic E-state index is 0.151. The van der Waals surface area contributed by atoms with Gasteiger partial charge in [0.15, 0.2) is 11.2 Å². The van der Waals surface area contributed by atoms with Crippen molar-refractivity contribution in [2.24, 2.45) is 0 Å². The van der Waals surface area contributed by atoms with Gasteiger partial charge in [-0.2, -0.15) is 0 Å². The van der Waals surface area contributed by atoms with E-state index in [-0.39, 0.29) is 11.2 Å². The number of hydrogen-bond donors (Lipinski definition) is 2. The summed E-state index contributed by atoms with van der Waals surface area (Å²) < 4.78 is 1.58. The van der Waals surface area contributed by atoms with Gasteiger partial charge in [-0.25, -0.2) is 14.8 Å². The van der Waals surface area contributed by atoms with Crippen LogP contribution < -0.4 is 11.2 Å². The Morgan fingerprint density at radius 2 is 1.80 bits per heavy atom. The first-order chi connectivity index (χ1) is 12.0. The molecule has 0 atom stereocenters. The average Bonchev–Trinajstić information content (AvgIpc) is 2.95. The van der Waals surface area contributed by atoms with Crippen molar-refractivity contribution in [2.45, 2.75) is 0 Å². The lowest BCUT2D eigenvalue weighted by atomic mass is 10.2. The van der Waals surface area contributed by atoms with Crippen LogP contribution in [0.5, 0.6) is 0 Å². The first-order valence-electron chi connectivity index (χ1n) is 7.16. The Kier molecular flexibility index (Phi) is 3.67. The SMILES string of the molecule is O=c1[nH]c(=O)c2c(nc(-c3ccccc3Cl)n2-c2ccc(Cl)nc2)[nH]1. The fraction of sp³-hybridized carbons (Fsp3) is 0. The van der Waals surface area contributed by atoms with E-state index in [1.54, 1.807) is 41.0 Å². The van der Waals surface area contributed by atoms with Gasteiger partial charge in [-0.05, 0) is 24.3 Å². The number of hydrogen-bond acceptors (Lipinski definition) is 4. The van der Waals surface area contributed by atoms with Crippen LogP contribution in [0.4, 0.5) is 0 Å². The summed E-state index contributed by atoms with van der Waals surface area (Å²) in [6, 6.07) is 10.4. The van der Waals surface area contributed by atoms with Crippen LogP contribution in [0.25, 0.3) is 28.2 Å². The first kappa shape index (κ1) is 15.6. The minimum Gasteiger partial charge on any atom is -0.290 e. The van der Waals surface area contributed by atoms with Crippen LogP contribution in [0.1, 0.15) is 0 Å². The van der Waals surface area contributed by atoms with Crippen LogP contribution in [0, 0.1) is 0 Å². The molecule has 0 fully saturated rings. The van der Waals surface area contributed by atoms with Crippen molar-refractivity contribution >= 4 is 34.4 Å². The van der Waals surface area contributed by atoms with E-state index in [9.17, 15) is 9.59 Å². The van der Waals surface area contributed by atoms with Crippen molar-refractivity contribution in [3.8, 4) is 17.1 Å². The van der Waals surface area contributed by atoms with Crippen molar-refractivity contribution in [3.05, 3.63) is 73.6 Å². The Balaban J connectivity index is 2.16. The fourth-order valence-corrected chi connectivity index (χ4v) is 2.92. The molecule has 0 aliphatic heterocycles. The van der Waals surface area contributed by atoms with Crippen molar-refractivity contribution in [1.29, 1.82) is 0 Å². The zero-order valence-corrected chi connectivity index (χ0v) is 14.0. The summed E-state index contributed by atoms with van der Waals surface area (Å²) in [7, 11) is 0. The Bertz CT molecular complexity index is 1210. The van der Waals surface area contributed by atoms with Gasteiger partial charge in [0.25, 0.3) is 5.56 Å². The normalized spacial score (nSPS) is 11.1. The molecule has 9 heteroatoms. The molecule has 3 heterocycles. The predicted octanol–water partition coefficient (Wildman–Crippen LogP) is 2.77. The molecule has 0 aliphatic carbocycles. The smallest absolute Gasteiger partial charge is 0.290 e. The minimum atomic E-state index is -0.637. The van der Waals surface area contributed by atoms with E-state index in [0.717, 1.165) is 0 Å². The van der Waals surface area contributed by atoms with Crippen LogP contribution in [0.3, 0.4) is 0 Å². The second-order valence-corrected chi connectivity index (χ2v) is 5.99. The highest BCUT2D eigenvalue weighted by Crippen LogP contribution is 2.30. The molecule has 4 rings (SSSR count). The molecule has 0 spiro atoms. The van der Waals surface area contributed by atoms with Crippen molar-refractivity contribution in [1.82, 2.24) is 24.5 Å². The third-order valence-electron chi connectivity index (χ3n) is 3.64. The summed E-state index contributed by atoms with van der Waals surface area (Å²) in [5.74, 6) is 0.400. The molecule has 0 saturated carbocycles. The number of nitrogens with one attached hydrogen (secondary N) is 2. The highest BCUT2D eigenvalue weighted by molar-refractivity contribution is 6.33. The zero-order valence-electron chi connectivity index (χ0n) is 12.5. The molecular weight excluding hydrogens is 365 g/mol. The Hall–Kier alpha value is -2.90. The van der Waals surface area contributed by atoms with Crippen LogP contribution in [0.15, 0.2) is 52.2 Å². The molecule has 2 N–H and O–H groups in total. The Morgan fingerprint density at radius 3 is 2.52 bits per heavy atom. The largest absolute Gasteiger partial charge is 0.327 e. The van der Waals surface area contributed by atoms with Crippen molar-refractivity contribution in [3.63, 3.8) is 0 Å². The van der Waals surface area contributed by atoms with Gasteiger partial charge in [-0.3, -0.25) is 19.3 Å². The molecule has 25 heavy (non-hydrogen) atoms. The number of halogens is 2. The van der Waals surface area contributed by atoms with Gasteiger partial charge in [0.05, 0.1) is 16.9 Å². The summed E-state index contributed by atoms with van der Waals surface area (Å²) in [6.45, 7) is 0. The number of nitrogens with zero attached hydrogens (tertiary/aromatic N) is 3. The number of aromatic nitrogens is 5. The van der Waals surface area contributed by atoms with Crippen molar-refractivity contribution in [2.75, 3.05) is 0 Å². The third-order valence-corrected chi connectivity index (χ3v) is 4.19. The Labute approximate surface area is 149 Å². The van der Waals surface area contributed by atoms with Gasteiger partial charge in [0, 0.05) is 5.56 Å². The van der Waals surface area contributed by atoms with Gasteiger partial charge in [0.2, 0.25) is 0 Å². The van der Waals surface area contributed by atoms with E-state index in [1.165, 1.54) is 6.20 Å². The maximum atomic E-state index is 12.4. The van der Waals surface area contributed by atoms with E-state index in [0.29, 0.717) is 27.3 Å². The van der Waals surface area contributed by atoms with Gasteiger partial charge in [-0.15, -0.1) is 0 Å². The third kappa shape index (κ3) is 2.63. The molecule has 0 saturated heterocycles. The second-order valence-electron chi connectivity index (χ2n) is 5.20. The van der Waals surface area contributed by atoms with Crippen LogP contribution in [0.2, 0.25) is 10.2 Å². The number of benzene rings is 1. The molecule has 0 bridgehead atoms. The lowest BCUT2D eigenvalue weighted by Crippen LogP contribution is -2.23. The summed E-state index contributed by atoms with van der Waals surface area (Å²) in [6.07, 6.45) is 1.51. The number of H-pyrrole nitrogens is 2. The molecule has 0 aliphatic rings. The highest BCUT2D eigenvalue weighted by atomic mass is 35.5. The number of fused-ring (bicyclic) bond motifs is 1. The number of rotatable bonds is 2. The first-order valence-corrected chi connectivity index (χ1v) is 7.92. The molecule has 1 aromatic carbocycles. The van der Waals surface area contributed by atoms with E-state index < -0.39 is 11.2 Å². The lowest BCUT2D eigenvalue weighted by Gasteiger charge is -2.09. The summed E-state index contributed by atoms with van der Waals surface area (Å²) >= 11 is 12.1. The maximum absolute atomic E-state index is 12.4. The molecule has 0 unspecified atom stereocenters. The van der Waals surface area contributed by atoms with Gasteiger partial charge < -0.3 is 0 Å². The monoisotopic (exact) mass is 373 g/mol. The molecule has 7 nitrogen and oxygen atoms in total. The molecule has 4 aromatic rings. The molecule has 0 radical (unpaired) electrons. The molecular formula is C16H9Cl2N5O2. The van der Waals surface area contributed by atoms with Gasteiger partial charge in [0.1, 0.15) is 11.0 Å². The fourth-order valence-electron chi connectivity index (χ4n) is 2.59. The summed E-state index contributed by atoms with van der Waals surface area (Å²) in [4.78, 5) is 37.2. The molecule has 3 aromatic heterocycles. The Morgan fingerprint density at radius 1 is 1.00 bits per heavy atom. The quantitative estimate of drug-likeness (QED) is 0.528. The van der Waals surface area contributed by atoms with Gasteiger partial charge >= 0.3 is 5.69 Å². The second kappa shape index (κ2) is 5.87. The predicted molar refractivity (Wildman–Crippen MR) is 95.6 cm³/mol. The van der Waals surface area contributed by atoms with E-state index >= 15 is 0 Å². The summed E-state index contributed by atoms with van der Waals surface area (Å²) in [5, 5.41) is 0.773. The van der Waals surface area contributed by atoms with Crippen LogP contribution in [-0.4, -0.2) is 24.5 Å². The number of pyridine rings is 1. The zero-order chi connectivity index (χ0) is 17.6. The van der Waals surface area contributed by atoms with E-state index in [4.69, 9.17) is 23.2 Å². The number of aromatic amines is 2. The summed E-state index contributed by atoms with van der Waals surface area (Å²) in [5.41, 5.74) is 0.286. The average molecular weight is 374 g/mol. The molecule has 0 amide bonds. The van der Waals surface area contributed by atoms with Crippen LogP contribution in [-0.2, 0) is 0 Å². The standard InChI is InChI=1S/C16H9Cl2N5O2/c17-10-4-2-1-3-9(10)14-20-13-12(15(24)22-16(25)21-13)23(14)8-5-6-11(18)19-7-8/h1-7H,(H2,21,22,24,25). The van der Waals surface area contributed by atoms with E-state index in [1.807, 2.05) is 0 Å². The maximum Gasteiger partial charge on any atom is 0.327 e. The van der Waals surface area contributed by atoms with Gasteiger partial charge in [-0.1, -0.05) is 35.3 Å². The lowest BCUT2D eigenvalue weighted by molar-refractivity contribution is 1.04. The molecule has 124 valence electrons. The highest BCUT2D eigenvalue weighted by Gasteiger charge is 2.19. The van der Waals surface area contributed by atoms with Crippen molar-refractivity contribution < 1.29 is 0 Å². The topological polar surface area (TPSA) is 96.4 Å². The number of imidazole rings is 1. The van der Waals surface area contributed by atoms with E-state index in [2.05, 4.69) is 19.9 Å². The van der Waals surface area contributed by atoms with Crippen LogP contribution >= 0.6 is 23.2 Å².